The molecule has 2 aromatic carbocycles. The second kappa shape index (κ2) is 10.4. The Balaban J connectivity index is 1.86. The lowest BCUT2D eigenvalue weighted by atomic mass is 10.0. The zero-order valence-corrected chi connectivity index (χ0v) is 22.1. The number of carbonyl (C=O) groups excluding carboxylic acids is 3. The summed E-state index contributed by atoms with van der Waals surface area (Å²) >= 11 is 0. The first kappa shape index (κ1) is 27.1. The average Bonchev–Trinajstić information content (AvgIpc) is 3.65. The molecule has 0 saturated heterocycles. The predicted molar refractivity (Wildman–Crippen MR) is 139 cm³/mol. The summed E-state index contributed by atoms with van der Waals surface area (Å²) in [5.74, 6) is -2.02. The molecule has 0 aliphatic heterocycles. The number of fused-ring (bicyclic) bond motifs is 1. The van der Waals surface area contributed by atoms with Crippen molar-refractivity contribution in [2.75, 3.05) is 31.3 Å². The molecule has 4 rings (SSSR count). The molecule has 1 aliphatic rings. The van der Waals surface area contributed by atoms with E-state index in [-0.39, 0.29) is 28.5 Å². The highest BCUT2D eigenvalue weighted by Gasteiger charge is 2.34. The standard InChI is InChI=1S/C26H28FN3O7S/c1-14(26(33)36-3)29-22(31)13-30(38(4,34)35)20-12-21-19(11-18(20)15-5-6-15)23(25(32)28-2)24(37-21)16-7-9-17(27)10-8-16/h7-12,14-15H,5-6,13H2,1-4H3,(H,28,32)(H,29,31). The molecule has 0 bridgehead atoms. The third-order valence-electron chi connectivity index (χ3n) is 6.30. The number of anilines is 1. The first-order chi connectivity index (χ1) is 17.9. The normalized spacial score (nSPS) is 14.1. The Morgan fingerprint density at radius 3 is 2.39 bits per heavy atom. The number of hydrogen-bond donors (Lipinski definition) is 2. The highest BCUT2D eigenvalue weighted by molar-refractivity contribution is 7.92. The van der Waals surface area contributed by atoms with Gasteiger partial charge in [-0.2, -0.15) is 0 Å². The second-order valence-corrected chi connectivity index (χ2v) is 11.1. The lowest BCUT2D eigenvalue weighted by Crippen LogP contribution is -2.46. The molecule has 0 radical (unpaired) electrons. The van der Waals surface area contributed by atoms with Crippen molar-refractivity contribution >= 4 is 44.5 Å². The Morgan fingerprint density at radius 1 is 1.18 bits per heavy atom. The summed E-state index contributed by atoms with van der Waals surface area (Å²) in [6.45, 7) is 0.843. The highest BCUT2D eigenvalue weighted by atomic mass is 32.2. The molecule has 2 N–H and O–H groups in total. The van der Waals surface area contributed by atoms with Gasteiger partial charge in [0.05, 0.1) is 24.6 Å². The number of halogens is 1. The van der Waals surface area contributed by atoms with E-state index in [0.29, 0.717) is 16.5 Å². The molecule has 2 amide bonds. The van der Waals surface area contributed by atoms with Gasteiger partial charge >= 0.3 is 5.97 Å². The van der Waals surface area contributed by atoms with Gasteiger partial charge in [-0.25, -0.2) is 17.6 Å². The van der Waals surface area contributed by atoms with Crippen LogP contribution in [0, 0.1) is 5.82 Å². The van der Waals surface area contributed by atoms with Gasteiger partial charge in [0.25, 0.3) is 5.91 Å². The number of amides is 2. The third kappa shape index (κ3) is 5.49. The molecule has 1 fully saturated rings. The van der Waals surface area contributed by atoms with Crippen molar-refractivity contribution in [3.63, 3.8) is 0 Å². The fraction of sp³-hybridized carbons (Fsp3) is 0.346. The number of ether oxygens (including phenoxy) is 1. The van der Waals surface area contributed by atoms with Gasteiger partial charge in [0.15, 0.2) is 0 Å². The maximum atomic E-state index is 13.6. The highest BCUT2D eigenvalue weighted by Crippen LogP contribution is 2.48. The van der Waals surface area contributed by atoms with Gasteiger partial charge in [0.2, 0.25) is 15.9 Å². The summed E-state index contributed by atoms with van der Waals surface area (Å²) in [7, 11) is -1.30. The van der Waals surface area contributed by atoms with E-state index in [4.69, 9.17) is 4.42 Å². The van der Waals surface area contributed by atoms with E-state index in [1.165, 1.54) is 51.4 Å². The lowest BCUT2D eigenvalue weighted by Gasteiger charge is -2.25. The molecule has 10 nitrogen and oxygen atoms in total. The van der Waals surface area contributed by atoms with Crippen molar-refractivity contribution in [1.29, 1.82) is 0 Å². The molecule has 12 heteroatoms. The maximum absolute atomic E-state index is 13.6. The van der Waals surface area contributed by atoms with E-state index in [1.54, 1.807) is 6.07 Å². The van der Waals surface area contributed by atoms with Crippen LogP contribution in [0.25, 0.3) is 22.3 Å². The van der Waals surface area contributed by atoms with Gasteiger partial charge in [-0.05, 0) is 61.6 Å². The SMILES string of the molecule is CNC(=O)c1c(-c2ccc(F)cc2)oc2cc(N(CC(=O)NC(C)C(=O)OC)S(C)(=O)=O)c(C3CC3)cc12. The number of sulfonamides is 1. The van der Waals surface area contributed by atoms with Crippen molar-refractivity contribution in [1.82, 2.24) is 10.6 Å². The molecule has 38 heavy (non-hydrogen) atoms. The van der Waals surface area contributed by atoms with Crippen LogP contribution in [0.1, 0.15) is 41.6 Å². The van der Waals surface area contributed by atoms with E-state index in [2.05, 4.69) is 15.4 Å². The van der Waals surface area contributed by atoms with Crippen molar-refractivity contribution in [3.05, 3.63) is 53.3 Å². The third-order valence-corrected chi connectivity index (χ3v) is 7.43. The number of carbonyl (C=O) groups is 3. The molecule has 1 unspecified atom stereocenters. The number of furan rings is 1. The van der Waals surface area contributed by atoms with Crippen LogP contribution in [0.15, 0.2) is 40.8 Å². The number of nitrogens with zero attached hydrogens (tertiary/aromatic N) is 1. The van der Waals surface area contributed by atoms with Gasteiger partial charge in [-0.3, -0.25) is 13.9 Å². The van der Waals surface area contributed by atoms with Gasteiger partial charge in [-0.15, -0.1) is 0 Å². The predicted octanol–water partition coefficient (Wildman–Crippen LogP) is 2.92. The molecule has 1 saturated carbocycles. The van der Waals surface area contributed by atoms with Crippen LogP contribution in [-0.2, 0) is 24.3 Å². The zero-order chi connectivity index (χ0) is 27.8. The first-order valence-corrected chi connectivity index (χ1v) is 13.7. The van der Waals surface area contributed by atoms with E-state index in [9.17, 15) is 27.2 Å². The molecule has 3 aromatic rings. The van der Waals surface area contributed by atoms with Crippen LogP contribution >= 0.6 is 0 Å². The number of nitrogens with one attached hydrogen (secondary N) is 2. The first-order valence-electron chi connectivity index (χ1n) is 11.9. The molecule has 0 spiro atoms. The van der Waals surface area contributed by atoms with Crippen LogP contribution in [0.4, 0.5) is 10.1 Å². The van der Waals surface area contributed by atoms with E-state index < -0.39 is 46.2 Å². The van der Waals surface area contributed by atoms with Crippen LogP contribution in [0.3, 0.4) is 0 Å². The summed E-state index contributed by atoms with van der Waals surface area (Å²) in [5, 5.41) is 5.50. The van der Waals surface area contributed by atoms with Crippen LogP contribution < -0.4 is 14.9 Å². The largest absolute Gasteiger partial charge is 0.467 e. The summed E-state index contributed by atoms with van der Waals surface area (Å²) in [6, 6.07) is 7.71. The van der Waals surface area contributed by atoms with Crippen molar-refractivity contribution < 1.29 is 36.3 Å². The van der Waals surface area contributed by atoms with Crippen molar-refractivity contribution in [2.45, 2.75) is 31.7 Å². The van der Waals surface area contributed by atoms with Crippen LogP contribution in [-0.4, -0.2) is 59.2 Å². The summed E-state index contributed by atoms with van der Waals surface area (Å²) in [4.78, 5) is 37.4. The monoisotopic (exact) mass is 545 g/mol. The summed E-state index contributed by atoms with van der Waals surface area (Å²) in [6.07, 6.45) is 2.59. The van der Waals surface area contributed by atoms with Gasteiger partial charge < -0.3 is 19.8 Å². The second-order valence-electron chi connectivity index (χ2n) is 9.16. The number of benzene rings is 2. The van der Waals surface area contributed by atoms with Gasteiger partial charge in [0, 0.05) is 24.1 Å². The molecule has 1 heterocycles. The molecular formula is C26H28FN3O7S. The number of esters is 1. The van der Waals surface area contributed by atoms with Crippen molar-refractivity contribution in [3.8, 4) is 11.3 Å². The van der Waals surface area contributed by atoms with Crippen LogP contribution in [0.5, 0.6) is 0 Å². The van der Waals surface area contributed by atoms with E-state index in [1.807, 2.05) is 0 Å². The molecular weight excluding hydrogens is 517 g/mol. The van der Waals surface area contributed by atoms with Crippen LogP contribution in [0.2, 0.25) is 0 Å². The Morgan fingerprint density at radius 2 is 1.84 bits per heavy atom. The van der Waals surface area contributed by atoms with Crippen molar-refractivity contribution in [2.24, 2.45) is 0 Å². The fourth-order valence-electron chi connectivity index (χ4n) is 4.28. The number of hydrogen-bond acceptors (Lipinski definition) is 7. The fourth-order valence-corrected chi connectivity index (χ4v) is 5.14. The Bertz CT molecular complexity index is 1510. The smallest absolute Gasteiger partial charge is 0.328 e. The Hall–Kier alpha value is -3.93. The quantitative estimate of drug-likeness (QED) is 0.395. The van der Waals surface area contributed by atoms with E-state index in [0.717, 1.165) is 23.4 Å². The maximum Gasteiger partial charge on any atom is 0.328 e. The number of methoxy groups -OCH3 is 1. The van der Waals surface area contributed by atoms with Gasteiger partial charge in [-0.1, -0.05) is 0 Å². The molecule has 1 aromatic heterocycles. The summed E-state index contributed by atoms with van der Waals surface area (Å²) < 4.78 is 50.9. The minimum absolute atomic E-state index is 0.0254. The molecule has 1 aliphatic carbocycles. The zero-order valence-electron chi connectivity index (χ0n) is 21.3. The molecule has 1 atom stereocenters. The average molecular weight is 546 g/mol. The molecule has 202 valence electrons. The Labute approximate surface area is 219 Å². The van der Waals surface area contributed by atoms with Gasteiger partial charge in [0.1, 0.15) is 29.7 Å². The minimum Gasteiger partial charge on any atom is -0.467 e. The van der Waals surface area contributed by atoms with E-state index >= 15 is 0 Å². The number of rotatable bonds is 9. The summed E-state index contributed by atoms with van der Waals surface area (Å²) in [5.41, 5.74) is 1.81. The topological polar surface area (TPSA) is 135 Å². The minimum atomic E-state index is -3.96. The Kier molecular flexibility index (Phi) is 7.45. The lowest BCUT2D eigenvalue weighted by molar-refractivity contribution is -0.144.